The summed E-state index contributed by atoms with van der Waals surface area (Å²) in [6, 6.07) is 1.14. The maximum atomic E-state index is 12.0. The van der Waals surface area contributed by atoms with Gasteiger partial charge in [-0.3, -0.25) is 18.7 Å². The number of amides is 1. The van der Waals surface area contributed by atoms with E-state index in [2.05, 4.69) is 10.3 Å². The third-order valence-corrected chi connectivity index (χ3v) is 3.72. The number of nitrogens with zero attached hydrogens (tertiary/aromatic N) is 3. The van der Waals surface area contributed by atoms with Crippen molar-refractivity contribution in [3.63, 3.8) is 0 Å². The van der Waals surface area contributed by atoms with E-state index in [1.165, 1.54) is 25.4 Å². The lowest BCUT2D eigenvalue weighted by atomic mass is 10.3. The Kier molecular flexibility index (Phi) is 4.22. The SMILES string of the molecule is Cn1c(C(=O)NCCc2csc(N)n2)cc(=O)n(C)c1=O. The minimum Gasteiger partial charge on any atom is -0.375 e. The van der Waals surface area contributed by atoms with Gasteiger partial charge >= 0.3 is 5.69 Å². The fourth-order valence-corrected chi connectivity index (χ4v) is 2.38. The van der Waals surface area contributed by atoms with E-state index < -0.39 is 17.2 Å². The number of nitrogens with one attached hydrogen (secondary N) is 1. The van der Waals surface area contributed by atoms with Crippen molar-refractivity contribution in [3.05, 3.63) is 43.7 Å². The van der Waals surface area contributed by atoms with Crippen LogP contribution in [0.4, 0.5) is 5.13 Å². The number of rotatable bonds is 4. The van der Waals surface area contributed by atoms with Crippen molar-refractivity contribution in [3.8, 4) is 0 Å². The zero-order valence-corrected chi connectivity index (χ0v) is 12.4. The summed E-state index contributed by atoms with van der Waals surface area (Å²) in [5.41, 5.74) is 5.27. The van der Waals surface area contributed by atoms with Crippen LogP contribution in [0, 0.1) is 0 Å². The minimum absolute atomic E-state index is 0.0286. The topological polar surface area (TPSA) is 112 Å². The monoisotopic (exact) mass is 309 g/mol. The number of anilines is 1. The molecule has 0 spiro atoms. The zero-order chi connectivity index (χ0) is 15.6. The molecule has 0 atom stereocenters. The van der Waals surface area contributed by atoms with Crippen LogP contribution >= 0.6 is 11.3 Å². The largest absolute Gasteiger partial charge is 0.375 e. The Morgan fingerprint density at radius 1 is 1.38 bits per heavy atom. The van der Waals surface area contributed by atoms with Gasteiger partial charge in [-0.2, -0.15) is 0 Å². The molecule has 0 aliphatic rings. The van der Waals surface area contributed by atoms with Crippen LogP contribution in [0.1, 0.15) is 16.2 Å². The van der Waals surface area contributed by atoms with E-state index >= 15 is 0 Å². The third kappa shape index (κ3) is 3.19. The molecule has 2 aromatic heterocycles. The van der Waals surface area contributed by atoms with Crippen molar-refractivity contribution in [2.24, 2.45) is 14.1 Å². The van der Waals surface area contributed by atoms with Crippen molar-refractivity contribution >= 4 is 22.4 Å². The van der Waals surface area contributed by atoms with E-state index in [0.717, 1.165) is 20.9 Å². The van der Waals surface area contributed by atoms with Crippen LogP contribution in [0.5, 0.6) is 0 Å². The lowest BCUT2D eigenvalue weighted by Gasteiger charge is -2.09. The van der Waals surface area contributed by atoms with Gasteiger partial charge in [0.1, 0.15) is 5.69 Å². The number of carbonyl (C=O) groups is 1. The average molecular weight is 309 g/mol. The Labute approximate surface area is 123 Å². The molecule has 2 rings (SSSR count). The first kappa shape index (κ1) is 15.0. The van der Waals surface area contributed by atoms with Gasteiger partial charge in [-0.25, -0.2) is 9.78 Å². The fourth-order valence-electron chi connectivity index (χ4n) is 1.78. The first-order valence-electron chi connectivity index (χ1n) is 6.15. The van der Waals surface area contributed by atoms with Crippen LogP contribution in [0.15, 0.2) is 21.0 Å². The third-order valence-electron chi connectivity index (χ3n) is 2.99. The second-order valence-electron chi connectivity index (χ2n) is 4.45. The molecule has 2 heterocycles. The number of thiazole rings is 1. The summed E-state index contributed by atoms with van der Waals surface area (Å²) in [7, 11) is 2.80. The first-order valence-corrected chi connectivity index (χ1v) is 7.03. The van der Waals surface area contributed by atoms with Crippen LogP contribution in [0.3, 0.4) is 0 Å². The second kappa shape index (κ2) is 5.92. The van der Waals surface area contributed by atoms with Crippen molar-refractivity contribution in [1.29, 1.82) is 0 Å². The average Bonchev–Trinajstić information content (AvgIpc) is 2.86. The molecule has 0 radical (unpaired) electrons. The fraction of sp³-hybridized carbons (Fsp3) is 0.333. The van der Waals surface area contributed by atoms with E-state index in [-0.39, 0.29) is 5.69 Å². The Bertz CT molecular complexity index is 789. The minimum atomic E-state index is -0.542. The molecule has 0 unspecified atom stereocenters. The highest BCUT2D eigenvalue weighted by Crippen LogP contribution is 2.10. The normalized spacial score (nSPS) is 10.6. The number of nitrogen functional groups attached to an aromatic ring is 1. The number of aromatic nitrogens is 3. The van der Waals surface area contributed by atoms with E-state index in [0.29, 0.717) is 18.1 Å². The van der Waals surface area contributed by atoms with Crippen LogP contribution in [0.25, 0.3) is 0 Å². The molecule has 3 N–H and O–H groups in total. The Morgan fingerprint density at radius 3 is 2.71 bits per heavy atom. The van der Waals surface area contributed by atoms with Crippen molar-refractivity contribution in [1.82, 2.24) is 19.4 Å². The van der Waals surface area contributed by atoms with E-state index in [4.69, 9.17) is 5.73 Å². The molecule has 0 saturated heterocycles. The summed E-state index contributed by atoms with van der Waals surface area (Å²) in [4.78, 5) is 39.4. The second-order valence-corrected chi connectivity index (χ2v) is 5.34. The van der Waals surface area contributed by atoms with Crippen LogP contribution in [0.2, 0.25) is 0 Å². The van der Waals surface area contributed by atoms with Gasteiger partial charge in [-0.1, -0.05) is 0 Å². The molecule has 0 aliphatic heterocycles. The summed E-state index contributed by atoms with van der Waals surface area (Å²) in [5, 5.41) is 4.94. The molecule has 0 saturated carbocycles. The maximum absolute atomic E-state index is 12.0. The first-order chi connectivity index (χ1) is 9.90. The molecule has 9 heteroatoms. The van der Waals surface area contributed by atoms with Gasteiger partial charge in [0.15, 0.2) is 5.13 Å². The van der Waals surface area contributed by atoms with Gasteiger partial charge in [-0.15, -0.1) is 11.3 Å². The van der Waals surface area contributed by atoms with Gasteiger partial charge in [-0.05, 0) is 0 Å². The molecular weight excluding hydrogens is 294 g/mol. The van der Waals surface area contributed by atoms with E-state index in [1.807, 2.05) is 5.38 Å². The molecular formula is C12H15N5O3S. The molecule has 0 fully saturated rings. The standard InChI is InChI=1S/C12H15N5O3S/c1-16-8(5-9(18)17(2)12(16)20)10(19)14-4-3-7-6-21-11(13)15-7/h5-6H,3-4H2,1-2H3,(H2,13,15)(H,14,19). The molecule has 21 heavy (non-hydrogen) atoms. The predicted molar refractivity (Wildman–Crippen MR) is 79.5 cm³/mol. The van der Waals surface area contributed by atoms with Crippen molar-refractivity contribution in [2.45, 2.75) is 6.42 Å². The Balaban J connectivity index is 2.07. The highest BCUT2D eigenvalue weighted by atomic mass is 32.1. The Morgan fingerprint density at radius 2 is 2.10 bits per heavy atom. The number of carbonyl (C=O) groups excluding carboxylic acids is 1. The summed E-state index contributed by atoms with van der Waals surface area (Å²) in [6.45, 7) is 0.339. The molecule has 0 aliphatic carbocycles. The van der Waals surface area contributed by atoms with Gasteiger partial charge < -0.3 is 11.1 Å². The van der Waals surface area contributed by atoms with Crippen LogP contribution in [-0.2, 0) is 20.5 Å². The van der Waals surface area contributed by atoms with Gasteiger partial charge in [0.2, 0.25) is 0 Å². The van der Waals surface area contributed by atoms with Crippen LogP contribution < -0.4 is 22.3 Å². The maximum Gasteiger partial charge on any atom is 0.331 e. The van der Waals surface area contributed by atoms with E-state index in [1.54, 1.807) is 0 Å². The Hall–Kier alpha value is -2.42. The molecule has 2 aromatic rings. The smallest absolute Gasteiger partial charge is 0.331 e. The van der Waals surface area contributed by atoms with E-state index in [9.17, 15) is 14.4 Å². The molecule has 8 nitrogen and oxygen atoms in total. The predicted octanol–water partition coefficient (Wildman–Crippen LogP) is -0.905. The molecule has 0 aromatic carbocycles. The number of hydrogen-bond donors (Lipinski definition) is 2. The highest BCUT2D eigenvalue weighted by molar-refractivity contribution is 7.13. The lowest BCUT2D eigenvalue weighted by molar-refractivity contribution is 0.0944. The molecule has 112 valence electrons. The summed E-state index contributed by atoms with van der Waals surface area (Å²) in [6.07, 6.45) is 0.526. The molecule has 1 amide bonds. The quantitative estimate of drug-likeness (QED) is 0.760. The summed E-state index contributed by atoms with van der Waals surface area (Å²) in [5.74, 6) is -0.476. The summed E-state index contributed by atoms with van der Waals surface area (Å²) >= 11 is 1.33. The number of nitrogens with two attached hydrogens (primary N) is 1. The van der Waals surface area contributed by atoms with Gasteiger partial charge in [0, 0.05) is 38.5 Å². The highest BCUT2D eigenvalue weighted by Gasteiger charge is 2.13. The van der Waals surface area contributed by atoms with Crippen molar-refractivity contribution in [2.75, 3.05) is 12.3 Å². The zero-order valence-electron chi connectivity index (χ0n) is 11.6. The number of hydrogen-bond acceptors (Lipinski definition) is 6. The van der Waals surface area contributed by atoms with Crippen molar-refractivity contribution < 1.29 is 4.79 Å². The van der Waals surface area contributed by atoms with Gasteiger partial charge in [0.05, 0.1) is 5.69 Å². The lowest BCUT2D eigenvalue weighted by Crippen LogP contribution is -2.41. The molecule has 0 bridgehead atoms. The van der Waals surface area contributed by atoms with Gasteiger partial charge in [0.25, 0.3) is 11.5 Å². The summed E-state index contributed by atoms with van der Waals surface area (Å²) < 4.78 is 2.08. The van der Waals surface area contributed by atoms with Crippen LogP contribution in [-0.4, -0.2) is 26.6 Å².